The molecule has 1 rings (SSSR count). The van der Waals surface area contributed by atoms with Gasteiger partial charge in [0.25, 0.3) is 0 Å². The van der Waals surface area contributed by atoms with Crippen molar-refractivity contribution in [3.63, 3.8) is 0 Å². The van der Waals surface area contributed by atoms with Gasteiger partial charge in [-0.2, -0.15) is 5.26 Å². The molecule has 0 aliphatic heterocycles. The van der Waals surface area contributed by atoms with Crippen molar-refractivity contribution in [3.05, 3.63) is 30.3 Å². The third kappa shape index (κ3) is 3.72. The van der Waals surface area contributed by atoms with Crippen molar-refractivity contribution >= 4 is 17.4 Å². The minimum Gasteiger partial charge on any atom is -0.465 e. The van der Waals surface area contributed by atoms with Crippen LogP contribution in [0, 0.1) is 17.2 Å². The molecule has 0 N–H and O–H groups in total. The molecule has 17 heavy (non-hydrogen) atoms. The van der Waals surface area contributed by atoms with Gasteiger partial charge in [-0.25, -0.2) is 0 Å². The molecule has 1 unspecified atom stereocenters. The van der Waals surface area contributed by atoms with Gasteiger partial charge in [0.05, 0.1) is 18.4 Å². The molecule has 0 bridgehead atoms. The van der Waals surface area contributed by atoms with Crippen LogP contribution in [0.2, 0.25) is 0 Å². The number of rotatable bonds is 4. The van der Waals surface area contributed by atoms with Crippen LogP contribution in [0.1, 0.15) is 13.8 Å². The number of hydrogen-bond acceptors (Lipinski definition) is 4. The Morgan fingerprint density at radius 2 is 2.12 bits per heavy atom. The number of nitrogens with zero attached hydrogens (tertiary/aromatic N) is 2. The lowest BCUT2D eigenvalue weighted by Gasteiger charge is -2.07. The SMILES string of the molecule is CCOC(=O)C(C#N)C(C)=Nc1ccccc1. The average molecular weight is 230 g/mol. The zero-order valence-electron chi connectivity index (χ0n) is 9.88. The van der Waals surface area contributed by atoms with E-state index in [9.17, 15) is 4.79 Å². The number of aliphatic imine (C=N–C) groups is 1. The summed E-state index contributed by atoms with van der Waals surface area (Å²) in [5.41, 5.74) is 1.16. The fourth-order valence-corrected chi connectivity index (χ4v) is 1.31. The first-order valence-electron chi connectivity index (χ1n) is 5.35. The number of nitriles is 1. The van der Waals surface area contributed by atoms with Crippen LogP contribution in [-0.2, 0) is 9.53 Å². The third-order valence-electron chi connectivity index (χ3n) is 2.13. The highest BCUT2D eigenvalue weighted by Gasteiger charge is 2.22. The molecule has 0 fully saturated rings. The van der Waals surface area contributed by atoms with Crippen LogP contribution in [0.15, 0.2) is 35.3 Å². The predicted molar refractivity (Wildman–Crippen MR) is 64.9 cm³/mol. The monoisotopic (exact) mass is 230 g/mol. The van der Waals surface area contributed by atoms with Crippen molar-refractivity contribution < 1.29 is 9.53 Å². The second kappa shape index (κ2) is 6.44. The second-order valence-corrected chi connectivity index (χ2v) is 3.40. The Balaban J connectivity index is 2.87. The van der Waals surface area contributed by atoms with Gasteiger partial charge in [-0.05, 0) is 26.0 Å². The van der Waals surface area contributed by atoms with Crippen LogP contribution in [-0.4, -0.2) is 18.3 Å². The molecule has 0 aliphatic rings. The fraction of sp³-hybridized carbons (Fsp3) is 0.308. The third-order valence-corrected chi connectivity index (χ3v) is 2.13. The molecule has 0 saturated heterocycles. The molecule has 0 aliphatic carbocycles. The number of carbonyl (C=O) groups is 1. The highest BCUT2D eigenvalue weighted by molar-refractivity contribution is 6.04. The number of carbonyl (C=O) groups excluding carboxylic acids is 1. The van der Waals surface area contributed by atoms with E-state index in [1.165, 1.54) is 0 Å². The van der Waals surface area contributed by atoms with Crippen molar-refractivity contribution in [2.75, 3.05) is 6.61 Å². The van der Waals surface area contributed by atoms with E-state index < -0.39 is 11.9 Å². The zero-order chi connectivity index (χ0) is 12.7. The summed E-state index contributed by atoms with van der Waals surface area (Å²) < 4.78 is 4.81. The van der Waals surface area contributed by atoms with E-state index in [-0.39, 0.29) is 6.61 Å². The molecule has 0 aromatic heterocycles. The summed E-state index contributed by atoms with van der Waals surface area (Å²) >= 11 is 0. The molecule has 0 heterocycles. The molecular weight excluding hydrogens is 216 g/mol. The van der Waals surface area contributed by atoms with Gasteiger partial charge in [0.1, 0.15) is 0 Å². The Hall–Kier alpha value is -2.15. The topological polar surface area (TPSA) is 62.5 Å². The van der Waals surface area contributed by atoms with Gasteiger partial charge in [-0.3, -0.25) is 9.79 Å². The largest absolute Gasteiger partial charge is 0.465 e. The van der Waals surface area contributed by atoms with Crippen molar-refractivity contribution in [1.29, 1.82) is 5.26 Å². The lowest BCUT2D eigenvalue weighted by atomic mass is 10.1. The molecule has 1 aromatic carbocycles. The fourth-order valence-electron chi connectivity index (χ4n) is 1.31. The number of esters is 1. The first-order chi connectivity index (χ1) is 8.19. The van der Waals surface area contributed by atoms with Crippen LogP contribution in [0.25, 0.3) is 0 Å². The van der Waals surface area contributed by atoms with E-state index in [4.69, 9.17) is 10.00 Å². The van der Waals surface area contributed by atoms with Gasteiger partial charge in [0, 0.05) is 5.71 Å². The van der Waals surface area contributed by atoms with E-state index >= 15 is 0 Å². The standard InChI is InChI=1S/C13H14N2O2/c1-3-17-13(16)12(9-14)10(2)15-11-7-5-4-6-8-11/h4-8,12H,3H2,1-2H3. The maximum absolute atomic E-state index is 11.5. The highest BCUT2D eigenvalue weighted by atomic mass is 16.5. The van der Waals surface area contributed by atoms with Crippen LogP contribution in [0.4, 0.5) is 5.69 Å². The van der Waals surface area contributed by atoms with E-state index in [2.05, 4.69) is 4.99 Å². The molecule has 4 nitrogen and oxygen atoms in total. The van der Waals surface area contributed by atoms with Gasteiger partial charge >= 0.3 is 5.97 Å². The van der Waals surface area contributed by atoms with E-state index in [1.807, 2.05) is 36.4 Å². The van der Waals surface area contributed by atoms with Gasteiger partial charge in [-0.1, -0.05) is 18.2 Å². The van der Waals surface area contributed by atoms with Crippen molar-refractivity contribution in [3.8, 4) is 6.07 Å². The molecule has 4 heteroatoms. The Bertz CT molecular complexity index is 446. The summed E-state index contributed by atoms with van der Waals surface area (Å²) in [4.78, 5) is 15.7. The second-order valence-electron chi connectivity index (χ2n) is 3.40. The Kier molecular flexibility index (Phi) is 4.89. The van der Waals surface area contributed by atoms with Crippen molar-refractivity contribution in [2.45, 2.75) is 13.8 Å². The molecule has 88 valence electrons. The molecule has 0 saturated carbocycles. The minimum absolute atomic E-state index is 0.260. The van der Waals surface area contributed by atoms with Gasteiger partial charge < -0.3 is 4.74 Å². The van der Waals surface area contributed by atoms with E-state index in [0.29, 0.717) is 5.71 Å². The summed E-state index contributed by atoms with van der Waals surface area (Å²) in [6.07, 6.45) is 0. The first kappa shape index (κ1) is 12.9. The molecular formula is C13H14N2O2. The summed E-state index contributed by atoms with van der Waals surface area (Å²) in [5, 5.41) is 8.94. The van der Waals surface area contributed by atoms with Crippen molar-refractivity contribution in [1.82, 2.24) is 0 Å². The molecule has 1 aromatic rings. The number of ether oxygens (including phenoxy) is 1. The number of benzene rings is 1. The minimum atomic E-state index is -0.935. The summed E-state index contributed by atoms with van der Waals surface area (Å²) in [7, 11) is 0. The van der Waals surface area contributed by atoms with Crippen LogP contribution < -0.4 is 0 Å². The Morgan fingerprint density at radius 3 is 2.65 bits per heavy atom. The zero-order valence-corrected chi connectivity index (χ0v) is 9.88. The average Bonchev–Trinajstić information content (AvgIpc) is 2.31. The maximum Gasteiger partial charge on any atom is 0.329 e. The Morgan fingerprint density at radius 1 is 1.47 bits per heavy atom. The molecule has 0 radical (unpaired) electrons. The van der Waals surface area contributed by atoms with Crippen LogP contribution in [0.5, 0.6) is 0 Å². The van der Waals surface area contributed by atoms with Crippen LogP contribution >= 0.6 is 0 Å². The molecule has 0 spiro atoms. The van der Waals surface area contributed by atoms with Crippen molar-refractivity contribution in [2.24, 2.45) is 10.9 Å². The quantitative estimate of drug-likeness (QED) is 0.589. The normalized spacial score (nSPS) is 12.6. The summed E-state index contributed by atoms with van der Waals surface area (Å²) in [5.74, 6) is -1.48. The number of para-hydroxylation sites is 1. The Labute approximate surface area is 101 Å². The van der Waals surface area contributed by atoms with E-state index in [1.54, 1.807) is 13.8 Å². The maximum atomic E-state index is 11.5. The lowest BCUT2D eigenvalue weighted by molar-refractivity contribution is -0.143. The predicted octanol–water partition coefficient (Wildman–Crippen LogP) is 2.48. The highest BCUT2D eigenvalue weighted by Crippen LogP contribution is 2.13. The summed E-state index contributed by atoms with van der Waals surface area (Å²) in [6.45, 7) is 3.61. The van der Waals surface area contributed by atoms with Gasteiger partial charge in [0.2, 0.25) is 0 Å². The van der Waals surface area contributed by atoms with Gasteiger partial charge in [-0.15, -0.1) is 0 Å². The smallest absolute Gasteiger partial charge is 0.329 e. The summed E-state index contributed by atoms with van der Waals surface area (Å²) in [6, 6.07) is 11.1. The lowest BCUT2D eigenvalue weighted by Crippen LogP contribution is -2.22. The number of hydrogen-bond donors (Lipinski definition) is 0. The van der Waals surface area contributed by atoms with E-state index in [0.717, 1.165) is 5.69 Å². The molecule has 0 amide bonds. The first-order valence-corrected chi connectivity index (χ1v) is 5.35. The molecule has 1 atom stereocenters. The van der Waals surface area contributed by atoms with Crippen LogP contribution in [0.3, 0.4) is 0 Å². The van der Waals surface area contributed by atoms with Gasteiger partial charge in [0.15, 0.2) is 5.92 Å².